The first kappa shape index (κ1) is 17.4. The van der Waals surface area contributed by atoms with Gasteiger partial charge in [-0.05, 0) is 13.3 Å². The van der Waals surface area contributed by atoms with E-state index in [1.807, 2.05) is 0 Å². The van der Waals surface area contributed by atoms with Crippen LogP contribution in [-0.2, 0) is 20.4 Å². The van der Waals surface area contributed by atoms with Gasteiger partial charge in [-0.3, -0.25) is 19.0 Å². The van der Waals surface area contributed by atoms with E-state index in [2.05, 4.69) is 5.90 Å². The second kappa shape index (κ2) is 9.21. The van der Waals surface area contributed by atoms with Gasteiger partial charge in [0.1, 0.15) is 10.5 Å². The third-order valence-corrected chi connectivity index (χ3v) is 3.76. The zero-order valence-corrected chi connectivity index (χ0v) is 9.73. The maximum Gasteiger partial charge on any atom is 0.319 e. The molecule has 0 fully saturated rings. The van der Waals surface area contributed by atoms with Crippen molar-refractivity contribution in [2.24, 2.45) is 5.90 Å². The Bertz CT molecular complexity index is 259. The first-order valence-corrected chi connectivity index (χ1v) is 5.55. The summed E-state index contributed by atoms with van der Waals surface area (Å²) in [7, 11) is -1.83. The molecular formula is C7H16N2O6S. The van der Waals surface area contributed by atoms with Gasteiger partial charge in [-0.15, -0.1) is 0 Å². The van der Waals surface area contributed by atoms with E-state index < -0.39 is 33.2 Å². The minimum Gasteiger partial charge on any atom is -0.480 e. The van der Waals surface area contributed by atoms with Crippen LogP contribution in [0.25, 0.3) is 0 Å². The van der Waals surface area contributed by atoms with E-state index in [-0.39, 0.29) is 6.42 Å². The SMILES string of the molecule is CCC(C(=O)NO)S(=O)C(C)C(=O)O.NO. The number of carbonyl (C=O) groups is 2. The van der Waals surface area contributed by atoms with Crippen molar-refractivity contribution in [1.29, 1.82) is 0 Å². The average molecular weight is 256 g/mol. The fourth-order valence-electron chi connectivity index (χ4n) is 0.873. The third kappa shape index (κ3) is 5.16. The number of nitrogens with two attached hydrogens (primary N) is 1. The molecule has 0 aromatic carbocycles. The molecule has 0 bridgehead atoms. The van der Waals surface area contributed by atoms with Crippen LogP contribution in [0.15, 0.2) is 0 Å². The lowest BCUT2D eigenvalue weighted by molar-refractivity contribution is -0.136. The van der Waals surface area contributed by atoms with E-state index in [0.29, 0.717) is 0 Å². The van der Waals surface area contributed by atoms with Gasteiger partial charge in [0.2, 0.25) is 0 Å². The van der Waals surface area contributed by atoms with Gasteiger partial charge >= 0.3 is 5.97 Å². The van der Waals surface area contributed by atoms with Crippen LogP contribution < -0.4 is 11.4 Å². The highest BCUT2D eigenvalue weighted by atomic mass is 32.2. The molecule has 9 heteroatoms. The minimum atomic E-state index is -1.83. The van der Waals surface area contributed by atoms with Gasteiger partial charge in [-0.2, -0.15) is 0 Å². The molecule has 1 amide bonds. The lowest BCUT2D eigenvalue weighted by Gasteiger charge is -2.14. The fourth-order valence-corrected chi connectivity index (χ4v) is 2.16. The van der Waals surface area contributed by atoms with Crippen molar-refractivity contribution in [3.05, 3.63) is 0 Å². The molecule has 0 saturated carbocycles. The van der Waals surface area contributed by atoms with E-state index >= 15 is 0 Å². The summed E-state index contributed by atoms with van der Waals surface area (Å²) in [6.07, 6.45) is 0.205. The van der Waals surface area contributed by atoms with E-state index in [1.54, 1.807) is 6.92 Å². The van der Waals surface area contributed by atoms with Crippen molar-refractivity contribution in [3.8, 4) is 0 Å². The number of hydrogen-bond acceptors (Lipinski definition) is 6. The van der Waals surface area contributed by atoms with E-state index in [4.69, 9.17) is 15.5 Å². The number of aliphatic carboxylic acids is 1. The van der Waals surface area contributed by atoms with Crippen molar-refractivity contribution in [2.75, 3.05) is 0 Å². The minimum absolute atomic E-state index is 0.205. The molecule has 8 nitrogen and oxygen atoms in total. The molecule has 16 heavy (non-hydrogen) atoms. The van der Waals surface area contributed by atoms with Gasteiger partial charge in [0, 0.05) is 10.8 Å². The molecule has 96 valence electrons. The Morgan fingerprint density at radius 2 is 1.88 bits per heavy atom. The lowest BCUT2D eigenvalue weighted by atomic mass is 10.3. The molecular weight excluding hydrogens is 240 g/mol. The molecule has 0 radical (unpaired) electrons. The van der Waals surface area contributed by atoms with Crippen LogP contribution in [0.2, 0.25) is 0 Å². The molecule has 0 aliphatic heterocycles. The Labute approximate surface area is 94.8 Å². The Morgan fingerprint density at radius 3 is 2.12 bits per heavy atom. The van der Waals surface area contributed by atoms with Gasteiger partial charge in [0.15, 0.2) is 0 Å². The van der Waals surface area contributed by atoms with Crippen LogP contribution in [0.3, 0.4) is 0 Å². The van der Waals surface area contributed by atoms with E-state index in [9.17, 15) is 13.8 Å². The second-order valence-corrected chi connectivity index (χ2v) is 4.62. The summed E-state index contributed by atoms with van der Waals surface area (Å²) in [4.78, 5) is 21.4. The molecule has 0 heterocycles. The number of carboxylic acid groups (broad SMARTS) is 1. The topological polar surface area (TPSA) is 150 Å². The van der Waals surface area contributed by atoms with Gasteiger partial charge < -0.3 is 10.3 Å². The molecule has 0 saturated heterocycles. The van der Waals surface area contributed by atoms with Gasteiger partial charge in [0.05, 0.1) is 0 Å². The monoisotopic (exact) mass is 256 g/mol. The third-order valence-electron chi connectivity index (χ3n) is 1.75. The molecule has 0 aliphatic rings. The number of hydrogen-bond donors (Lipinski definition) is 5. The van der Waals surface area contributed by atoms with Crippen LogP contribution in [0.1, 0.15) is 20.3 Å². The summed E-state index contributed by atoms with van der Waals surface area (Å²) in [5.74, 6) is 1.45. The zero-order chi connectivity index (χ0) is 13.3. The highest BCUT2D eigenvalue weighted by Crippen LogP contribution is 2.08. The van der Waals surface area contributed by atoms with E-state index in [1.165, 1.54) is 12.4 Å². The number of carbonyl (C=O) groups excluding carboxylic acids is 1. The summed E-state index contributed by atoms with van der Waals surface area (Å²) >= 11 is 0. The second-order valence-electron chi connectivity index (χ2n) is 2.68. The largest absolute Gasteiger partial charge is 0.480 e. The highest BCUT2D eigenvalue weighted by Gasteiger charge is 2.30. The Hall–Kier alpha value is -1.03. The highest BCUT2D eigenvalue weighted by molar-refractivity contribution is 7.87. The molecule has 6 N–H and O–H groups in total. The van der Waals surface area contributed by atoms with Gasteiger partial charge in [-0.25, -0.2) is 11.4 Å². The van der Waals surface area contributed by atoms with Crippen LogP contribution in [0.5, 0.6) is 0 Å². The van der Waals surface area contributed by atoms with Crippen molar-refractivity contribution in [2.45, 2.75) is 30.8 Å². The van der Waals surface area contributed by atoms with Crippen molar-refractivity contribution < 1.29 is 29.3 Å². The molecule has 0 spiro atoms. The van der Waals surface area contributed by atoms with Crippen molar-refractivity contribution in [1.82, 2.24) is 5.48 Å². The summed E-state index contributed by atoms with van der Waals surface area (Å²) in [5.41, 5.74) is 1.37. The van der Waals surface area contributed by atoms with Gasteiger partial charge in [-0.1, -0.05) is 6.92 Å². The summed E-state index contributed by atoms with van der Waals surface area (Å²) in [5, 5.41) is 21.3. The smallest absolute Gasteiger partial charge is 0.319 e. The predicted octanol–water partition coefficient (Wildman–Crippen LogP) is -1.17. The number of rotatable bonds is 5. The normalized spacial score (nSPS) is 15.1. The fraction of sp³-hybridized carbons (Fsp3) is 0.714. The standard InChI is InChI=1S/C7H13NO5S.H3NO/c1-3-5(6(9)8-12)14(13)4(2)7(10)11;1-2/h4-5,12H,3H2,1-2H3,(H,8,9)(H,10,11);2H,1H2. The summed E-state index contributed by atoms with van der Waals surface area (Å²) in [6, 6.07) is 0. The van der Waals surface area contributed by atoms with Crippen molar-refractivity contribution in [3.63, 3.8) is 0 Å². The van der Waals surface area contributed by atoms with Gasteiger partial charge in [0.25, 0.3) is 5.91 Å². The summed E-state index contributed by atoms with van der Waals surface area (Å²) < 4.78 is 11.5. The first-order valence-electron chi connectivity index (χ1n) is 4.27. The van der Waals surface area contributed by atoms with Crippen LogP contribution in [-0.4, -0.2) is 42.1 Å². The van der Waals surface area contributed by atoms with Crippen LogP contribution in [0, 0.1) is 0 Å². The molecule has 3 unspecified atom stereocenters. The van der Waals surface area contributed by atoms with E-state index in [0.717, 1.165) is 0 Å². The quantitative estimate of drug-likeness (QED) is 0.307. The number of carboxylic acids is 1. The Kier molecular flexibility index (Phi) is 10.0. The molecule has 0 aliphatic carbocycles. The first-order chi connectivity index (χ1) is 7.45. The van der Waals surface area contributed by atoms with Crippen LogP contribution in [0.4, 0.5) is 0 Å². The number of hydroxylamine groups is 1. The number of nitrogens with one attached hydrogen (secondary N) is 1. The Morgan fingerprint density at radius 1 is 1.44 bits per heavy atom. The molecule has 0 rings (SSSR count). The predicted molar refractivity (Wildman–Crippen MR) is 55.2 cm³/mol. The molecule has 0 aromatic heterocycles. The maximum atomic E-state index is 11.5. The molecule has 3 atom stereocenters. The zero-order valence-electron chi connectivity index (χ0n) is 8.91. The van der Waals surface area contributed by atoms with Crippen LogP contribution >= 0.6 is 0 Å². The maximum absolute atomic E-state index is 11.5. The summed E-state index contributed by atoms with van der Waals surface area (Å²) in [6.45, 7) is 2.85. The number of amides is 1. The van der Waals surface area contributed by atoms with Crippen molar-refractivity contribution >= 4 is 22.7 Å². The average Bonchev–Trinajstić information content (AvgIpc) is 2.30. The lowest BCUT2D eigenvalue weighted by Crippen LogP contribution is -2.40. The molecule has 0 aromatic rings. The Balaban J connectivity index is 0.